The molecule has 3 aromatic heterocycles. The number of amides is 1. The molecule has 0 atom stereocenters. The molecule has 0 spiro atoms. The summed E-state index contributed by atoms with van der Waals surface area (Å²) in [6, 6.07) is 20.8. The van der Waals surface area contributed by atoms with E-state index in [2.05, 4.69) is 20.9 Å². The van der Waals surface area contributed by atoms with E-state index >= 15 is 0 Å². The maximum absolute atomic E-state index is 12.5. The first-order valence-electron chi connectivity index (χ1n) is 16.0. The van der Waals surface area contributed by atoms with Gasteiger partial charge in [0.25, 0.3) is 5.69 Å². The highest BCUT2D eigenvalue weighted by Gasteiger charge is 2.25. The van der Waals surface area contributed by atoms with Crippen molar-refractivity contribution in [2.24, 2.45) is 5.92 Å². The van der Waals surface area contributed by atoms with Crippen molar-refractivity contribution in [1.29, 1.82) is 0 Å². The highest BCUT2D eigenvalue weighted by molar-refractivity contribution is 5.92. The molecular formula is C35H37N7O4. The number of carbonyl (C=O) groups is 1. The van der Waals surface area contributed by atoms with Crippen molar-refractivity contribution in [2.75, 3.05) is 50.7 Å². The van der Waals surface area contributed by atoms with Crippen molar-refractivity contribution in [3.05, 3.63) is 101 Å². The molecule has 0 aliphatic carbocycles. The van der Waals surface area contributed by atoms with E-state index in [1.165, 1.54) is 12.5 Å². The Morgan fingerprint density at radius 1 is 0.870 bits per heavy atom. The quantitative estimate of drug-likeness (QED) is 0.153. The van der Waals surface area contributed by atoms with Crippen LogP contribution in [0.4, 0.5) is 16.3 Å². The van der Waals surface area contributed by atoms with Crippen LogP contribution in [0.2, 0.25) is 0 Å². The van der Waals surface area contributed by atoms with Gasteiger partial charge in [-0.2, -0.15) is 0 Å². The molecule has 0 bridgehead atoms. The Kier molecular flexibility index (Phi) is 8.47. The number of nitro benzene ring substituents is 1. The van der Waals surface area contributed by atoms with E-state index in [0.29, 0.717) is 36.8 Å². The van der Waals surface area contributed by atoms with Gasteiger partial charge in [-0.3, -0.25) is 19.6 Å². The molecule has 2 aliphatic rings. The molecule has 0 saturated carbocycles. The summed E-state index contributed by atoms with van der Waals surface area (Å²) in [5.74, 6) is 2.27. The largest absolute Gasteiger partial charge is 0.445 e. The summed E-state index contributed by atoms with van der Waals surface area (Å²) in [5.41, 5.74) is 1.98. The Bertz CT molecular complexity index is 1840. The lowest BCUT2D eigenvalue weighted by Gasteiger charge is -2.36. The molecule has 1 amide bonds. The molecule has 11 nitrogen and oxygen atoms in total. The van der Waals surface area contributed by atoms with Crippen LogP contribution in [0.15, 0.2) is 85.3 Å². The van der Waals surface area contributed by atoms with Crippen molar-refractivity contribution in [2.45, 2.75) is 25.9 Å². The number of fused-ring (bicyclic) bond motifs is 2. The summed E-state index contributed by atoms with van der Waals surface area (Å²) in [6.07, 6.45) is 8.70. The lowest BCUT2D eigenvalue weighted by atomic mass is 9.93. The van der Waals surface area contributed by atoms with E-state index in [-0.39, 0.29) is 16.7 Å². The summed E-state index contributed by atoms with van der Waals surface area (Å²) in [7, 11) is 0. The van der Waals surface area contributed by atoms with Crippen LogP contribution in [0.1, 0.15) is 24.8 Å². The van der Waals surface area contributed by atoms with Crippen LogP contribution in [0.5, 0.6) is 0 Å². The topological polar surface area (TPSA) is 110 Å². The average molecular weight is 620 g/mol. The minimum absolute atomic E-state index is 0.0701. The number of hydrogen-bond acceptors (Lipinski definition) is 8. The fourth-order valence-corrected chi connectivity index (χ4v) is 6.61. The number of benzene rings is 2. The maximum Gasteiger partial charge on any atom is 0.410 e. The van der Waals surface area contributed by atoms with Crippen molar-refractivity contribution in [1.82, 2.24) is 24.3 Å². The molecule has 236 valence electrons. The molecule has 0 radical (unpaired) electrons. The predicted molar refractivity (Wildman–Crippen MR) is 177 cm³/mol. The molecule has 2 fully saturated rings. The second-order valence-corrected chi connectivity index (χ2v) is 12.2. The molecule has 7 rings (SSSR count). The molecule has 5 heterocycles. The smallest absolute Gasteiger partial charge is 0.410 e. The van der Waals surface area contributed by atoms with Gasteiger partial charge in [0.1, 0.15) is 18.2 Å². The third-order valence-electron chi connectivity index (χ3n) is 9.36. The fourth-order valence-electron chi connectivity index (χ4n) is 6.61. The van der Waals surface area contributed by atoms with Crippen molar-refractivity contribution < 1.29 is 14.5 Å². The molecule has 0 unspecified atom stereocenters. The Balaban J connectivity index is 0.896. The number of rotatable bonds is 8. The lowest BCUT2D eigenvalue weighted by Crippen LogP contribution is -2.49. The number of piperidine rings is 1. The van der Waals surface area contributed by atoms with Crippen LogP contribution in [-0.4, -0.2) is 81.2 Å². The van der Waals surface area contributed by atoms with E-state index < -0.39 is 0 Å². The molecule has 5 aromatic rings. The SMILES string of the molecule is O=C(OCc1ccccc1)N1CCN(CCC2CCN(c3cc4ccn(-c5cc6c([N+](=O)[O-])cccc6cn5)c4cn3)CC2)CC1. The summed E-state index contributed by atoms with van der Waals surface area (Å²) in [4.78, 5) is 39.8. The number of hydrogen-bond donors (Lipinski definition) is 0. The third-order valence-corrected chi connectivity index (χ3v) is 9.36. The predicted octanol–water partition coefficient (Wildman–Crippen LogP) is 6.04. The number of ether oxygens (including phenoxy) is 1. The summed E-state index contributed by atoms with van der Waals surface area (Å²) < 4.78 is 7.44. The Morgan fingerprint density at radius 2 is 1.65 bits per heavy atom. The number of nitro groups is 1. The molecule has 0 N–H and O–H groups in total. The number of pyridine rings is 2. The first-order valence-corrected chi connectivity index (χ1v) is 16.0. The fraction of sp³-hybridized carbons (Fsp3) is 0.343. The van der Waals surface area contributed by atoms with E-state index in [0.717, 1.165) is 73.2 Å². The monoisotopic (exact) mass is 619 g/mol. The minimum Gasteiger partial charge on any atom is -0.445 e. The van der Waals surface area contributed by atoms with Gasteiger partial charge >= 0.3 is 6.09 Å². The second kappa shape index (κ2) is 13.1. The van der Waals surface area contributed by atoms with Gasteiger partial charge in [-0.15, -0.1) is 0 Å². The number of non-ortho nitro benzene ring substituents is 1. The van der Waals surface area contributed by atoms with Crippen LogP contribution in [0.25, 0.3) is 27.5 Å². The minimum atomic E-state index is -0.355. The summed E-state index contributed by atoms with van der Waals surface area (Å²) in [5, 5.41) is 13.9. The number of piperazine rings is 1. The van der Waals surface area contributed by atoms with Gasteiger partial charge in [0, 0.05) is 68.5 Å². The van der Waals surface area contributed by atoms with E-state index in [4.69, 9.17) is 9.72 Å². The highest BCUT2D eigenvalue weighted by atomic mass is 16.6. The van der Waals surface area contributed by atoms with Gasteiger partial charge in [0.2, 0.25) is 0 Å². The first kappa shape index (κ1) is 29.7. The summed E-state index contributed by atoms with van der Waals surface area (Å²) >= 11 is 0. The summed E-state index contributed by atoms with van der Waals surface area (Å²) in [6.45, 7) is 6.50. The standard InChI is InChI=1S/C35H37N7O4/c43-35(46-25-27-5-2-1-3-6-27)40-19-17-38(18-20-40)13-9-26-10-14-39(15-11-26)33-21-28-12-16-41(32(28)24-37-33)34-22-30-29(23-36-34)7-4-8-31(30)42(44)45/h1-8,12,16,21-24,26H,9-11,13-15,17-20,25H2. The zero-order chi connectivity index (χ0) is 31.5. The lowest BCUT2D eigenvalue weighted by molar-refractivity contribution is -0.383. The van der Waals surface area contributed by atoms with Crippen molar-refractivity contribution in [3.63, 3.8) is 0 Å². The number of aromatic nitrogens is 3. The van der Waals surface area contributed by atoms with E-state index in [1.54, 1.807) is 18.3 Å². The van der Waals surface area contributed by atoms with Gasteiger partial charge in [0.15, 0.2) is 0 Å². The number of anilines is 1. The van der Waals surface area contributed by atoms with Crippen LogP contribution in [0.3, 0.4) is 0 Å². The van der Waals surface area contributed by atoms with Crippen LogP contribution < -0.4 is 4.90 Å². The van der Waals surface area contributed by atoms with Crippen molar-refractivity contribution >= 4 is 39.3 Å². The van der Waals surface area contributed by atoms with Gasteiger partial charge in [-0.1, -0.05) is 42.5 Å². The molecule has 2 aliphatic heterocycles. The van der Waals surface area contributed by atoms with Gasteiger partial charge in [0.05, 0.1) is 22.0 Å². The Morgan fingerprint density at radius 3 is 2.43 bits per heavy atom. The van der Waals surface area contributed by atoms with Gasteiger partial charge < -0.3 is 14.5 Å². The van der Waals surface area contributed by atoms with Crippen LogP contribution in [-0.2, 0) is 11.3 Å². The highest BCUT2D eigenvalue weighted by Crippen LogP contribution is 2.30. The zero-order valence-corrected chi connectivity index (χ0v) is 25.7. The maximum atomic E-state index is 12.5. The number of carbonyl (C=O) groups excluding carboxylic acids is 1. The van der Waals surface area contributed by atoms with Crippen LogP contribution in [0, 0.1) is 16.0 Å². The van der Waals surface area contributed by atoms with Gasteiger partial charge in [-0.25, -0.2) is 14.8 Å². The van der Waals surface area contributed by atoms with E-state index in [9.17, 15) is 14.9 Å². The molecule has 2 saturated heterocycles. The molecule has 2 aromatic carbocycles. The molecule has 11 heteroatoms. The average Bonchev–Trinajstić information content (AvgIpc) is 3.53. The zero-order valence-electron chi connectivity index (χ0n) is 25.7. The Hall–Kier alpha value is -5.03. The van der Waals surface area contributed by atoms with Gasteiger partial charge in [-0.05, 0) is 55.5 Å². The van der Waals surface area contributed by atoms with Crippen molar-refractivity contribution in [3.8, 4) is 5.82 Å². The second-order valence-electron chi connectivity index (χ2n) is 12.2. The third kappa shape index (κ3) is 6.36. The number of nitrogens with zero attached hydrogens (tertiary/aromatic N) is 7. The molecular weight excluding hydrogens is 582 g/mol. The Labute approximate surface area is 267 Å². The molecule has 46 heavy (non-hydrogen) atoms. The normalized spacial score (nSPS) is 16.3. The van der Waals surface area contributed by atoms with E-state index in [1.807, 2.05) is 64.3 Å². The van der Waals surface area contributed by atoms with Crippen LogP contribution >= 0.6 is 0 Å². The first-order chi connectivity index (χ1) is 22.5.